The number of methoxy groups -OCH3 is 1. The van der Waals surface area contributed by atoms with Crippen LogP contribution >= 0.6 is 0 Å². The highest BCUT2D eigenvalue weighted by molar-refractivity contribution is 5.95. The molecule has 0 fully saturated rings. The number of aromatic nitrogens is 1. The number of nitrogens with one attached hydrogen (secondary N) is 2. The summed E-state index contributed by atoms with van der Waals surface area (Å²) in [5.74, 6) is -0.932. The lowest BCUT2D eigenvalue weighted by atomic mass is 9.82. The van der Waals surface area contributed by atoms with E-state index in [1.807, 2.05) is 44.2 Å². The van der Waals surface area contributed by atoms with Gasteiger partial charge in [-0.1, -0.05) is 37.3 Å². The number of carbonyl (C=O) groups excluding carboxylic acids is 1. The van der Waals surface area contributed by atoms with Crippen LogP contribution in [0.15, 0.2) is 78.9 Å². The van der Waals surface area contributed by atoms with Crippen LogP contribution in [0, 0.1) is 5.82 Å². The molecule has 13 heteroatoms. The van der Waals surface area contributed by atoms with Crippen LogP contribution in [-0.2, 0) is 11.0 Å². The molecule has 4 aromatic rings. The molecule has 2 heterocycles. The number of alkyl halides is 3. The Bertz CT molecular complexity index is 1770. The van der Waals surface area contributed by atoms with Crippen molar-refractivity contribution in [3.8, 4) is 28.5 Å². The second-order valence-corrected chi connectivity index (χ2v) is 12.1. The maximum atomic E-state index is 14.9. The summed E-state index contributed by atoms with van der Waals surface area (Å²) in [5.41, 5.74) is -3.70. The molecule has 9 nitrogen and oxygen atoms in total. The van der Waals surface area contributed by atoms with Crippen molar-refractivity contribution >= 4 is 5.91 Å². The van der Waals surface area contributed by atoms with E-state index in [1.54, 1.807) is 0 Å². The fraction of sp³-hybridized carbons (Fsp3) is 0.333. The van der Waals surface area contributed by atoms with Gasteiger partial charge in [-0.2, -0.15) is 13.2 Å². The van der Waals surface area contributed by atoms with Gasteiger partial charge in [0, 0.05) is 34.7 Å². The van der Waals surface area contributed by atoms with Crippen LogP contribution in [0.3, 0.4) is 0 Å². The molecule has 49 heavy (non-hydrogen) atoms. The zero-order chi connectivity index (χ0) is 35.4. The van der Waals surface area contributed by atoms with Gasteiger partial charge in [0.05, 0.1) is 32.6 Å². The number of amides is 1. The quantitative estimate of drug-likeness (QED) is 0.137. The van der Waals surface area contributed by atoms with Crippen molar-refractivity contribution < 1.29 is 46.8 Å². The topological polar surface area (TPSA) is 122 Å². The Kier molecular flexibility index (Phi) is 10.5. The van der Waals surface area contributed by atoms with Crippen LogP contribution in [0.1, 0.15) is 47.1 Å². The predicted octanol–water partition coefficient (Wildman–Crippen LogP) is 5.45. The third-order valence-corrected chi connectivity index (χ3v) is 8.55. The molecule has 0 spiro atoms. The molecule has 3 aromatic carbocycles. The molecule has 5 rings (SSSR count). The number of carbonyl (C=O) groups is 1. The lowest BCUT2D eigenvalue weighted by Crippen LogP contribution is -2.51. The Morgan fingerprint density at radius 3 is 2.43 bits per heavy atom. The summed E-state index contributed by atoms with van der Waals surface area (Å²) in [6.45, 7) is 2.59. The van der Waals surface area contributed by atoms with Gasteiger partial charge in [-0.15, -0.1) is 0 Å². The molecule has 4 N–H and O–H groups in total. The first kappa shape index (κ1) is 35.6. The van der Waals surface area contributed by atoms with Crippen LogP contribution in [0.5, 0.6) is 17.2 Å². The molecule has 0 aliphatic carbocycles. The molecule has 1 aliphatic rings. The minimum Gasteiger partial charge on any atom is -0.493 e. The van der Waals surface area contributed by atoms with Gasteiger partial charge in [0.2, 0.25) is 5.60 Å². The van der Waals surface area contributed by atoms with E-state index in [4.69, 9.17) is 19.3 Å². The van der Waals surface area contributed by atoms with Gasteiger partial charge in [-0.05, 0) is 61.0 Å². The summed E-state index contributed by atoms with van der Waals surface area (Å²) in [7, 11) is 1.32. The number of pyridine rings is 1. The summed E-state index contributed by atoms with van der Waals surface area (Å²) < 4.78 is 75.2. The predicted molar refractivity (Wildman–Crippen MR) is 173 cm³/mol. The van der Waals surface area contributed by atoms with Crippen molar-refractivity contribution in [2.75, 3.05) is 40.0 Å². The van der Waals surface area contributed by atoms with E-state index in [9.17, 15) is 27.5 Å². The van der Waals surface area contributed by atoms with Gasteiger partial charge in [-0.25, -0.2) is 9.37 Å². The zero-order valence-electron chi connectivity index (χ0n) is 27.1. The fourth-order valence-corrected chi connectivity index (χ4v) is 5.57. The molecule has 0 bridgehead atoms. The van der Waals surface area contributed by atoms with E-state index in [2.05, 4.69) is 15.6 Å². The van der Waals surface area contributed by atoms with Gasteiger partial charge >= 0.3 is 6.18 Å². The minimum absolute atomic E-state index is 0.00969. The lowest BCUT2D eigenvalue weighted by Gasteiger charge is -2.32. The Balaban J connectivity index is 1.51. The molecule has 1 amide bonds. The van der Waals surface area contributed by atoms with Crippen molar-refractivity contribution in [1.82, 2.24) is 15.6 Å². The van der Waals surface area contributed by atoms with Gasteiger partial charge in [0.15, 0.2) is 11.5 Å². The number of fused-ring (bicyclic) bond motifs is 1. The van der Waals surface area contributed by atoms with E-state index < -0.39 is 41.2 Å². The van der Waals surface area contributed by atoms with Crippen molar-refractivity contribution in [3.63, 3.8) is 0 Å². The van der Waals surface area contributed by atoms with Crippen LogP contribution in [0.25, 0.3) is 11.3 Å². The van der Waals surface area contributed by atoms with Crippen LogP contribution in [0.2, 0.25) is 0 Å². The van der Waals surface area contributed by atoms with Crippen LogP contribution in [0.4, 0.5) is 17.6 Å². The molecular formula is C36H37F4N3O6. The molecular weight excluding hydrogens is 646 g/mol. The first-order valence-electron chi connectivity index (χ1n) is 15.5. The third-order valence-electron chi connectivity index (χ3n) is 8.55. The van der Waals surface area contributed by atoms with E-state index in [0.29, 0.717) is 12.1 Å². The molecule has 0 unspecified atom stereocenters. The van der Waals surface area contributed by atoms with E-state index in [-0.39, 0.29) is 59.9 Å². The smallest absolute Gasteiger partial charge is 0.424 e. The Morgan fingerprint density at radius 1 is 1.06 bits per heavy atom. The van der Waals surface area contributed by atoms with E-state index in [0.717, 1.165) is 17.7 Å². The third kappa shape index (κ3) is 7.48. The van der Waals surface area contributed by atoms with E-state index >= 15 is 0 Å². The van der Waals surface area contributed by atoms with Gasteiger partial charge < -0.3 is 35.1 Å². The largest absolute Gasteiger partial charge is 0.493 e. The summed E-state index contributed by atoms with van der Waals surface area (Å²) in [5, 5.41) is 26.1. The molecule has 1 aromatic heterocycles. The minimum atomic E-state index is -5.29. The second-order valence-electron chi connectivity index (χ2n) is 12.1. The summed E-state index contributed by atoms with van der Waals surface area (Å²) in [6.07, 6.45) is -5.29. The molecule has 0 saturated heterocycles. The first-order chi connectivity index (χ1) is 23.3. The number of ether oxygens (including phenoxy) is 3. The van der Waals surface area contributed by atoms with Crippen molar-refractivity contribution in [2.24, 2.45) is 0 Å². The summed E-state index contributed by atoms with van der Waals surface area (Å²) in [4.78, 5) is 17.4. The van der Waals surface area contributed by atoms with Crippen molar-refractivity contribution in [3.05, 3.63) is 107 Å². The normalized spacial score (nSPS) is 17.4. The fourth-order valence-electron chi connectivity index (χ4n) is 5.57. The number of benzene rings is 3. The monoisotopic (exact) mass is 683 g/mol. The van der Waals surface area contributed by atoms with Gasteiger partial charge in [-0.3, -0.25) is 4.79 Å². The number of hydrogen-bond acceptors (Lipinski definition) is 8. The molecule has 260 valence electrons. The summed E-state index contributed by atoms with van der Waals surface area (Å²) >= 11 is 0. The van der Waals surface area contributed by atoms with Crippen LogP contribution < -0.4 is 24.8 Å². The Hall–Kier alpha value is -4.72. The Labute approximate surface area is 280 Å². The highest BCUT2D eigenvalue weighted by Gasteiger charge is 2.57. The maximum Gasteiger partial charge on any atom is 0.424 e. The number of hydrogen-bond donors (Lipinski definition) is 4. The van der Waals surface area contributed by atoms with Gasteiger partial charge in [0.1, 0.15) is 23.9 Å². The highest BCUT2D eigenvalue weighted by Crippen LogP contribution is 2.48. The number of rotatable bonds is 13. The second kappa shape index (κ2) is 14.4. The highest BCUT2D eigenvalue weighted by atomic mass is 19.4. The SMILES string of the molecule is COc1cc(C(=O)NC[C@](O)(c2cc3c(c(-c4ccc(F)cc4)n2)OC[C@@]3(C)CN[C@@H](C)c2ccccc2)C(F)(F)F)ccc1OCCO. The molecule has 3 atom stereocenters. The average Bonchev–Trinajstić information content (AvgIpc) is 3.44. The first-order valence-corrected chi connectivity index (χ1v) is 15.5. The lowest BCUT2D eigenvalue weighted by molar-refractivity contribution is -0.265. The van der Waals surface area contributed by atoms with Crippen molar-refractivity contribution in [2.45, 2.75) is 37.1 Å². The zero-order valence-corrected chi connectivity index (χ0v) is 27.1. The van der Waals surface area contributed by atoms with Crippen LogP contribution in [-0.4, -0.2) is 67.3 Å². The molecule has 0 saturated carbocycles. The Morgan fingerprint density at radius 2 is 1.78 bits per heavy atom. The average molecular weight is 684 g/mol. The van der Waals surface area contributed by atoms with Crippen molar-refractivity contribution in [1.29, 1.82) is 0 Å². The summed E-state index contributed by atoms with van der Waals surface area (Å²) in [6, 6.07) is 19.7. The maximum absolute atomic E-state index is 14.9. The molecule has 1 aliphatic heterocycles. The van der Waals surface area contributed by atoms with Gasteiger partial charge in [0.25, 0.3) is 5.91 Å². The van der Waals surface area contributed by atoms with E-state index in [1.165, 1.54) is 43.5 Å². The number of nitrogens with zero attached hydrogens (tertiary/aromatic N) is 1. The standard InChI is InChI=1S/C36H37F4N3O6/c1-22(23-7-5-4-6-8-23)41-19-34(2)21-49-32-27(34)18-30(43-31(32)24-9-12-26(37)13-10-24)35(46,36(38,39)40)20-42-33(45)25-11-14-28(48-16-15-44)29(17-25)47-3/h4-14,17-18,22,41,44,46H,15-16,19-21H2,1-3H3,(H,42,45)/t22-,34+,35-/m0/s1. The molecule has 0 radical (unpaired) electrons. The number of aliphatic hydroxyl groups is 2. The number of halogens is 4. The number of aliphatic hydroxyl groups excluding tert-OH is 1.